The maximum atomic E-state index is 11.3. The number of hydrogen-bond acceptors (Lipinski definition) is 1. The van der Waals surface area contributed by atoms with Crippen molar-refractivity contribution >= 4 is 6.03 Å². The van der Waals surface area contributed by atoms with E-state index >= 15 is 0 Å². The van der Waals surface area contributed by atoms with Crippen LogP contribution in [0.5, 0.6) is 0 Å². The van der Waals surface area contributed by atoms with Crippen LogP contribution >= 0.6 is 0 Å². The number of rotatable bonds is 3. The summed E-state index contributed by atoms with van der Waals surface area (Å²) in [5.74, 6) is 0. The van der Waals surface area contributed by atoms with Crippen LogP contribution in [-0.4, -0.2) is 24.0 Å². The highest BCUT2D eigenvalue weighted by atomic mass is 16.2. The summed E-state index contributed by atoms with van der Waals surface area (Å²) in [5.41, 5.74) is 1.90. The maximum Gasteiger partial charge on any atom is 0.321 e. The van der Waals surface area contributed by atoms with Gasteiger partial charge < -0.3 is 5.32 Å². The summed E-state index contributed by atoms with van der Waals surface area (Å²) in [4.78, 5) is 13.1. The molecule has 1 fully saturated rings. The van der Waals surface area contributed by atoms with E-state index in [2.05, 4.69) is 11.9 Å². The largest absolute Gasteiger partial charge is 0.336 e. The molecule has 0 aromatic rings. The van der Waals surface area contributed by atoms with Gasteiger partial charge in [-0.1, -0.05) is 24.3 Å². The van der Waals surface area contributed by atoms with E-state index in [1.54, 1.807) is 4.90 Å². The van der Waals surface area contributed by atoms with E-state index in [-0.39, 0.29) is 6.03 Å². The molecular weight excluding hydrogens is 176 g/mol. The number of amides is 2. The number of carbonyl (C=O) groups excluding carboxylic acids is 1. The van der Waals surface area contributed by atoms with E-state index in [0.29, 0.717) is 0 Å². The Hall–Kier alpha value is -1.51. The molecular formula is C11H16N2O. The van der Waals surface area contributed by atoms with Crippen molar-refractivity contribution in [1.82, 2.24) is 10.2 Å². The van der Waals surface area contributed by atoms with Crippen LogP contribution in [-0.2, 0) is 0 Å². The van der Waals surface area contributed by atoms with Gasteiger partial charge in [0.25, 0.3) is 0 Å². The van der Waals surface area contributed by atoms with Crippen molar-refractivity contribution in [1.29, 1.82) is 0 Å². The zero-order valence-electron chi connectivity index (χ0n) is 8.71. The van der Waals surface area contributed by atoms with Crippen molar-refractivity contribution < 1.29 is 4.79 Å². The van der Waals surface area contributed by atoms with E-state index in [9.17, 15) is 4.79 Å². The summed E-state index contributed by atoms with van der Waals surface area (Å²) in [6, 6.07) is -0.0236. The lowest BCUT2D eigenvalue weighted by Crippen LogP contribution is -2.26. The standard InChI is InChI=1S/C11H16N2O/c1-4-10(6-5-9(2)3)13-8-7-12-11(13)14/h4-6H,2,7-8H2,1,3H3,(H,12,14)/b6-5-,10-4+. The second-order valence-corrected chi connectivity index (χ2v) is 3.28. The van der Waals surface area contributed by atoms with Gasteiger partial charge in [0.05, 0.1) is 0 Å². The third-order valence-electron chi connectivity index (χ3n) is 2.00. The molecule has 76 valence electrons. The molecule has 1 aliphatic heterocycles. The maximum absolute atomic E-state index is 11.3. The highest BCUT2D eigenvalue weighted by molar-refractivity contribution is 5.78. The van der Waals surface area contributed by atoms with Crippen molar-refractivity contribution in [2.45, 2.75) is 13.8 Å². The normalized spacial score (nSPS) is 17.7. The molecule has 0 saturated carbocycles. The number of urea groups is 1. The first kappa shape index (κ1) is 10.6. The monoisotopic (exact) mass is 192 g/mol. The Kier molecular flexibility index (Phi) is 3.51. The molecule has 1 heterocycles. The van der Waals surface area contributed by atoms with Gasteiger partial charge >= 0.3 is 6.03 Å². The number of carbonyl (C=O) groups is 1. The van der Waals surface area contributed by atoms with Crippen LogP contribution in [0.4, 0.5) is 4.79 Å². The van der Waals surface area contributed by atoms with Crippen molar-refractivity contribution in [3.8, 4) is 0 Å². The van der Waals surface area contributed by atoms with Crippen LogP contribution in [0.25, 0.3) is 0 Å². The van der Waals surface area contributed by atoms with Gasteiger partial charge in [-0.3, -0.25) is 4.90 Å². The minimum Gasteiger partial charge on any atom is -0.336 e. The molecule has 1 saturated heterocycles. The fourth-order valence-corrected chi connectivity index (χ4v) is 1.29. The summed E-state index contributed by atoms with van der Waals surface area (Å²) in [5, 5.41) is 2.76. The molecule has 14 heavy (non-hydrogen) atoms. The minimum absolute atomic E-state index is 0.0236. The first-order valence-corrected chi connectivity index (χ1v) is 4.70. The van der Waals surface area contributed by atoms with Crippen LogP contribution < -0.4 is 5.32 Å². The molecule has 0 radical (unpaired) electrons. The summed E-state index contributed by atoms with van der Waals surface area (Å²) >= 11 is 0. The third kappa shape index (κ3) is 2.49. The lowest BCUT2D eigenvalue weighted by molar-refractivity contribution is 0.228. The van der Waals surface area contributed by atoms with E-state index in [0.717, 1.165) is 24.4 Å². The molecule has 0 unspecified atom stereocenters. The molecule has 0 atom stereocenters. The molecule has 1 aliphatic rings. The van der Waals surface area contributed by atoms with Crippen LogP contribution in [0.2, 0.25) is 0 Å². The van der Waals surface area contributed by atoms with E-state index in [1.807, 2.05) is 32.1 Å². The van der Waals surface area contributed by atoms with E-state index < -0.39 is 0 Å². The quantitative estimate of drug-likeness (QED) is 0.682. The zero-order valence-corrected chi connectivity index (χ0v) is 8.71. The summed E-state index contributed by atoms with van der Waals surface area (Å²) < 4.78 is 0. The van der Waals surface area contributed by atoms with Crippen LogP contribution in [0.15, 0.2) is 36.1 Å². The second kappa shape index (κ2) is 4.65. The first-order chi connectivity index (χ1) is 6.65. The van der Waals surface area contributed by atoms with Gasteiger partial charge in [0.2, 0.25) is 0 Å². The molecule has 0 spiro atoms. The molecule has 0 aromatic carbocycles. The molecule has 0 aromatic heterocycles. The molecule has 1 N–H and O–H groups in total. The SMILES string of the molecule is C=C(C)/C=C\C(=C/C)N1CCNC1=O. The number of nitrogens with zero attached hydrogens (tertiary/aromatic N) is 1. The highest BCUT2D eigenvalue weighted by Crippen LogP contribution is 2.10. The Morgan fingerprint density at radius 3 is 2.71 bits per heavy atom. The average molecular weight is 192 g/mol. The Bertz CT molecular complexity index is 302. The average Bonchev–Trinajstić information content (AvgIpc) is 2.53. The lowest BCUT2D eigenvalue weighted by atomic mass is 10.2. The van der Waals surface area contributed by atoms with Gasteiger partial charge in [0.15, 0.2) is 0 Å². The van der Waals surface area contributed by atoms with Gasteiger partial charge in [0, 0.05) is 18.8 Å². The molecule has 3 nitrogen and oxygen atoms in total. The van der Waals surface area contributed by atoms with Gasteiger partial charge in [-0.2, -0.15) is 0 Å². The summed E-state index contributed by atoms with van der Waals surface area (Å²) in [6.45, 7) is 9.07. The summed E-state index contributed by atoms with van der Waals surface area (Å²) in [6.07, 6.45) is 5.73. The second-order valence-electron chi connectivity index (χ2n) is 3.28. The lowest BCUT2D eigenvalue weighted by Gasteiger charge is -2.14. The van der Waals surface area contributed by atoms with Gasteiger partial charge in [0.1, 0.15) is 0 Å². The fraction of sp³-hybridized carbons (Fsp3) is 0.364. The van der Waals surface area contributed by atoms with Crippen LogP contribution in [0.3, 0.4) is 0 Å². The number of hydrogen-bond donors (Lipinski definition) is 1. The Morgan fingerprint density at radius 1 is 1.57 bits per heavy atom. The van der Waals surface area contributed by atoms with Gasteiger partial charge in [-0.05, 0) is 19.9 Å². The van der Waals surface area contributed by atoms with Crippen molar-refractivity contribution in [2.75, 3.05) is 13.1 Å². The van der Waals surface area contributed by atoms with Crippen molar-refractivity contribution in [3.05, 3.63) is 36.1 Å². The van der Waals surface area contributed by atoms with Crippen LogP contribution in [0.1, 0.15) is 13.8 Å². The zero-order chi connectivity index (χ0) is 10.6. The third-order valence-corrected chi connectivity index (χ3v) is 2.00. The predicted octanol–water partition coefficient (Wildman–Crippen LogP) is 2.05. The van der Waals surface area contributed by atoms with Gasteiger partial charge in [-0.15, -0.1) is 0 Å². The fourth-order valence-electron chi connectivity index (χ4n) is 1.29. The van der Waals surface area contributed by atoms with Crippen molar-refractivity contribution in [3.63, 3.8) is 0 Å². The Labute approximate surface area is 84.8 Å². The van der Waals surface area contributed by atoms with E-state index in [1.165, 1.54) is 0 Å². The topological polar surface area (TPSA) is 32.3 Å². The molecule has 0 aliphatic carbocycles. The molecule has 2 amide bonds. The smallest absolute Gasteiger partial charge is 0.321 e. The predicted molar refractivity (Wildman–Crippen MR) is 57.8 cm³/mol. The summed E-state index contributed by atoms with van der Waals surface area (Å²) in [7, 11) is 0. The van der Waals surface area contributed by atoms with Crippen LogP contribution in [0, 0.1) is 0 Å². The van der Waals surface area contributed by atoms with Crippen molar-refractivity contribution in [2.24, 2.45) is 0 Å². The Balaban J connectivity index is 2.72. The highest BCUT2D eigenvalue weighted by Gasteiger charge is 2.20. The first-order valence-electron chi connectivity index (χ1n) is 4.70. The number of nitrogens with one attached hydrogen (secondary N) is 1. The molecule has 1 rings (SSSR count). The minimum atomic E-state index is -0.0236. The van der Waals surface area contributed by atoms with Gasteiger partial charge in [-0.25, -0.2) is 4.79 Å². The van der Waals surface area contributed by atoms with E-state index in [4.69, 9.17) is 0 Å². The Morgan fingerprint density at radius 2 is 2.29 bits per heavy atom. The molecule has 3 heteroatoms. The molecule has 0 bridgehead atoms. The number of allylic oxidation sites excluding steroid dienone is 4.